The normalized spacial score (nSPS) is 16.7. The molecule has 3 aliphatic rings. The number of aromatic nitrogens is 3. The van der Waals surface area contributed by atoms with Crippen molar-refractivity contribution in [3.63, 3.8) is 0 Å². The number of ether oxygens (including phenoxy) is 2. The molecule has 6 aromatic rings. The number of piperazine rings is 1. The number of benzene rings is 4. The van der Waals surface area contributed by atoms with Crippen LogP contribution in [0.1, 0.15) is 62.6 Å². The van der Waals surface area contributed by atoms with Gasteiger partial charge in [-0.3, -0.25) is 34.1 Å². The Morgan fingerprint density at radius 1 is 0.877 bits per heavy atom. The number of halogens is 1. The van der Waals surface area contributed by atoms with Crippen LogP contribution in [-0.4, -0.2) is 116 Å². The minimum Gasteiger partial charge on any atom is -0.493 e. The maximum atomic E-state index is 13.5. The number of imide groups is 1. The van der Waals surface area contributed by atoms with Crippen LogP contribution in [0, 0.1) is 13.8 Å². The highest BCUT2D eigenvalue weighted by atomic mass is 35.5. The Kier molecular flexibility index (Phi) is 12.1. The second kappa shape index (κ2) is 18.0. The van der Waals surface area contributed by atoms with Gasteiger partial charge in [-0.1, -0.05) is 60.1 Å². The van der Waals surface area contributed by atoms with Crippen molar-refractivity contribution < 1.29 is 38.6 Å². The number of fused-ring (bicyclic) bond motifs is 3. The highest BCUT2D eigenvalue weighted by Crippen LogP contribution is 2.42. The maximum absolute atomic E-state index is 13.5. The van der Waals surface area contributed by atoms with Crippen molar-refractivity contribution in [1.29, 1.82) is 0 Å². The molecule has 0 spiro atoms. The number of aromatic carboxylic acids is 1. The summed E-state index contributed by atoms with van der Waals surface area (Å²) >= 11 is 7.07. The second-order valence-corrected chi connectivity index (χ2v) is 17.3. The van der Waals surface area contributed by atoms with E-state index in [4.69, 9.17) is 21.1 Å². The van der Waals surface area contributed by atoms with Gasteiger partial charge >= 0.3 is 5.97 Å². The number of piperidine rings is 1. The number of nitrogens with zero attached hydrogens (tertiary/aromatic N) is 6. The number of carboxylic acids is 1. The summed E-state index contributed by atoms with van der Waals surface area (Å²) in [7, 11) is 1.88. The lowest BCUT2D eigenvalue weighted by Gasteiger charge is -2.35. The molecule has 2 aromatic heterocycles. The number of rotatable bonds is 14. The monoisotopic (exact) mass is 899 g/mol. The van der Waals surface area contributed by atoms with Crippen molar-refractivity contribution in [2.45, 2.75) is 58.7 Å². The van der Waals surface area contributed by atoms with E-state index in [1.54, 1.807) is 23.1 Å². The average Bonchev–Trinajstić information content (AvgIpc) is 3.90. The van der Waals surface area contributed by atoms with E-state index in [9.17, 15) is 29.1 Å². The lowest BCUT2D eigenvalue weighted by molar-refractivity contribution is -0.137. The second-order valence-electron chi connectivity index (χ2n) is 16.9. The van der Waals surface area contributed by atoms with Gasteiger partial charge in [-0.15, -0.1) is 0 Å². The molecule has 3 aliphatic heterocycles. The van der Waals surface area contributed by atoms with Gasteiger partial charge < -0.3 is 28.9 Å². The molecule has 0 radical (unpaired) electrons. The van der Waals surface area contributed by atoms with Gasteiger partial charge in [-0.2, -0.15) is 5.10 Å². The summed E-state index contributed by atoms with van der Waals surface area (Å²) < 4.78 is 16.0. The molecule has 2 saturated heterocycles. The van der Waals surface area contributed by atoms with Crippen LogP contribution in [0.15, 0.2) is 72.8 Å². The molecule has 4 amide bonds. The van der Waals surface area contributed by atoms with Crippen LogP contribution >= 0.6 is 11.6 Å². The van der Waals surface area contributed by atoms with Crippen molar-refractivity contribution in [3.05, 3.63) is 112 Å². The van der Waals surface area contributed by atoms with Crippen LogP contribution < -0.4 is 14.8 Å². The van der Waals surface area contributed by atoms with E-state index in [1.165, 1.54) is 4.90 Å². The van der Waals surface area contributed by atoms with Crippen molar-refractivity contribution >= 4 is 62.9 Å². The van der Waals surface area contributed by atoms with Crippen LogP contribution in [0.5, 0.6) is 11.5 Å². The van der Waals surface area contributed by atoms with Crippen LogP contribution in [-0.2, 0) is 40.9 Å². The zero-order valence-corrected chi connectivity index (χ0v) is 37.3. The summed E-state index contributed by atoms with van der Waals surface area (Å²) in [5, 5.41) is 21.4. The molecule has 15 nitrogen and oxygen atoms in total. The highest BCUT2D eigenvalue weighted by Gasteiger charge is 2.40. The summed E-state index contributed by atoms with van der Waals surface area (Å²) in [4.78, 5) is 69.9. The molecule has 0 bridgehead atoms. The fourth-order valence-corrected chi connectivity index (χ4v) is 9.97. The van der Waals surface area contributed by atoms with Gasteiger partial charge in [-0.25, -0.2) is 4.79 Å². The van der Waals surface area contributed by atoms with Gasteiger partial charge in [-0.05, 0) is 68.3 Å². The van der Waals surface area contributed by atoms with Crippen molar-refractivity contribution in [2.24, 2.45) is 7.05 Å². The molecule has 16 heteroatoms. The topological polar surface area (TPSA) is 169 Å². The Bertz CT molecular complexity index is 2890. The van der Waals surface area contributed by atoms with Gasteiger partial charge in [0.2, 0.25) is 11.8 Å². The van der Waals surface area contributed by atoms with E-state index in [-0.39, 0.29) is 49.4 Å². The van der Waals surface area contributed by atoms with Gasteiger partial charge in [0.15, 0.2) is 6.61 Å². The smallest absolute Gasteiger partial charge is 0.352 e. The number of aryl methyl sites for hydroxylation is 3. The zero-order chi connectivity index (χ0) is 45.5. The third-order valence-corrected chi connectivity index (χ3v) is 13.4. The first-order valence-electron chi connectivity index (χ1n) is 22.0. The highest BCUT2D eigenvalue weighted by molar-refractivity contribution is 6.35. The summed E-state index contributed by atoms with van der Waals surface area (Å²) in [6.45, 7) is 7.14. The third-order valence-electron chi connectivity index (χ3n) is 13.1. The largest absolute Gasteiger partial charge is 0.493 e. The van der Waals surface area contributed by atoms with E-state index in [1.807, 2.05) is 84.7 Å². The minimum absolute atomic E-state index is 0.140. The van der Waals surface area contributed by atoms with Crippen LogP contribution in [0.3, 0.4) is 0 Å². The van der Waals surface area contributed by atoms with Crippen molar-refractivity contribution in [2.75, 3.05) is 45.9 Å². The number of hydrogen-bond donors (Lipinski definition) is 2. The summed E-state index contributed by atoms with van der Waals surface area (Å²) in [6.07, 6.45) is 1.45. The molecular weight excluding hydrogens is 850 g/mol. The molecule has 1 unspecified atom stereocenters. The Hall–Kier alpha value is -6.71. The fourth-order valence-electron chi connectivity index (χ4n) is 9.73. The van der Waals surface area contributed by atoms with E-state index < -0.39 is 17.9 Å². The molecule has 2 N–H and O–H groups in total. The van der Waals surface area contributed by atoms with Gasteiger partial charge in [0, 0.05) is 91.5 Å². The molecule has 65 heavy (non-hydrogen) atoms. The van der Waals surface area contributed by atoms with E-state index in [0.717, 1.165) is 55.5 Å². The predicted molar refractivity (Wildman–Crippen MR) is 244 cm³/mol. The lowest BCUT2D eigenvalue weighted by Crippen LogP contribution is -2.52. The third kappa shape index (κ3) is 8.30. The van der Waals surface area contributed by atoms with E-state index >= 15 is 0 Å². The molecule has 336 valence electrons. The number of carbonyl (C=O) groups excluding carboxylic acids is 4. The minimum atomic E-state index is -1.03. The SMILES string of the molecule is Cc1nn(C)c(C)c1-c1c(Cl)ccc2c(CCCOc3cccc4ccccc34)c(C(=O)O)n(CCN3CCN(C(=O)COc4cccc5c4CN(C4CCC(=O)NC4=O)C5=O)CC3)c12. The summed E-state index contributed by atoms with van der Waals surface area (Å²) in [5.41, 5.74) is 6.03. The molecule has 1 atom stereocenters. The Balaban J connectivity index is 0.894. The van der Waals surface area contributed by atoms with Crippen LogP contribution in [0.4, 0.5) is 0 Å². The summed E-state index contributed by atoms with van der Waals surface area (Å²) in [5.74, 6) is -1.20. The molecule has 0 saturated carbocycles. The van der Waals surface area contributed by atoms with Gasteiger partial charge in [0.25, 0.3) is 11.8 Å². The molecule has 0 aliphatic carbocycles. The Morgan fingerprint density at radius 2 is 1.63 bits per heavy atom. The zero-order valence-electron chi connectivity index (χ0n) is 36.6. The van der Waals surface area contributed by atoms with Crippen molar-refractivity contribution in [3.8, 4) is 22.6 Å². The first-order valence-corrected chi connectivity index (χ1v) is 22.3. The molecule has 4 aromatic carbocycles. The number of carbonyl (C=O) groups is 5. The fraction of sp³-hybridized carbons (Fsp3) is 0.347. The Morgan fingerprint density at radius 3 is 2.38 bits per heavy atom. The molecule has 2 fully saturated rings. The average molecular weight is 900 g/mol. The first-order chi connectivity index (χ1) is 31.4. The number of hydrogen-bond acceptors (Lipinski definition) is 9. The molecule has 9 rings (SSSR count). The van der Waals surface area contributed by atoms with Gasteiger partial charge in [0.1, 0.15) is 23.2 Å². The first kappa shape index (κ1) is 43.5. The van der Waals surface area contributed by atoms with Crippen LogP contribution in [0.25, 0.3) is 32.8 Å². The van der Waals surface area contributed by atoms with E-state index in [2.05, 4.69) is 15.3 Å². The van der Waals surface area contributed by atoms with Crippen LogP contribution in [0.2, 0.25) is 5.02 Å². The Labute approximate surface area is 380 Å². The molecule has 5 heterocycles. The van der Waals surface area contributed by atoms with E-state index in [0.29, 0.717) is 80.6 Å². The van der Waals surface area contributed by atoms with Gasteiger partial charge in [0.05, 0.1) is 29.4 Å². The predicted octanol–water partition coefficient (Wildman–Crippen LogP) is 6.16. The quantitative estimate of drug-likeness (QED) is 0.0955. The summed E-state index contributed by atoms with van der Waals surface area (Å²) in [6, 6.07) is 22.1. The molecular formula is C49H50ClN7O8. The number of amides is 4. The lowest BCUT2D eigenvalue weighted by atomic mass is 9.98. The van der Waals surface area contributed by atoms with Crippen molar-refractivity contribution in [1.82, 2.24) is 34.4 Å². The number of carboxylic acid groups (broad SMARTS) is 1. The maximum Gasteiger partial charge on any atom is 0.352 e. The standard InChI is InChI=1S/C49H50ClN7O8/c1-29-43(30(2)53(3)52-29)44-37(50)17-16-34-33(13-8-26-64-39-14-6-10-31-9-4-5-11-32(31)39)46(49(62)63)56(45(34)44)25-22-54-20-23-55(24-21-54)42(59)28-65-40-15-7-12-35-36(40)27-57(48(35)61)38-18-19-41(58)51-47(38)60/h4-7,9-12,14-17,38H,8,13,18-28H2,1-3H3,(H,62,63)(H,51,58,60). The number of nitrogens with one attached hydrogen (secondary N) is 1.